The summed E-state index contributed by atoms with van der Waals surface area (Å²) in [5, 5.41) is 0. The molecule has 0 radical (unpaired) electrons. The molecule has 0 saturated heterocycles. The van der Waals surface area contributed by atoms with Gasteiger partial charge >= 0.3 is 0 Å². The SMILES string of the molecule is Cc1cc(Br)cc(C(=O)c2ccco2)c1. The molecule has 0 aliphatic rings. The van der Waals surface area contributed by atoms with Crippen molar-refractivity contribution in [3.05, 3.63) is 58.0 Å². The number of aryl methyl sites for hydroxylation is 1. The molecule has 0 spiro atoms. The Kier molecular flexibility index (Phi) is 2.73. The van der Waals surface area contributed by atoms with Crippen molar-refractivity contribution in [2.24, 2.45) is 0 Å². The van der Waals surface area contributed by atoms with Crippen LogP contribution in [0, 0.1) is 6.92 Å². The lowest BCUT2D eigenvalue weighted by Gasteiger charge is -2.01. The van der Waals surface area contributed by atoms with Crippen molar-refractivity contribution in [2.75, 3.05) is 0 Å². The van der Waals surface area contributed by atoms with Gasteiger partial charge in [0.15, 0.2) is 5.76 Å². The Morgan fingerprint density at radius 1 is 1.33 bits per heavy atom. The standard InChI is InChI=1S/C12H9BrO2/c1-8-5-9(7-10(13)6-8)12(14)11-3-2-4-15-11/h2-7H,1H3. The predicted molar refractivity (Wildman–Crippen MR) is 61.0 cm³/mol. The number of furan rings is 1. The number of carbonyl (C=O) groups is 1. The Labute approximate surface area is 96.0 Å². The maximum Gasteiger partial charge on any atom is 0.228 e. The molecule has 0 saturated carbocycles. The molecule has 0 fully saturated rings. The minimum atomic E-state index is -0.0931. The minimum absolute atomic E-state index is 0.0931. The quantitative estimate of drug-likeness (QED) is 0.777. The second-order valence-corrected chi connectivity index (χ2v) is 4.24. The van der Waals surface area contributed by atoms with Crippen molar-refractivity contribution < 1.29 is 9.21 Å². The number of rotatable bonds is 2. The van der Waals surface area contributed by atoms with E-state index in [0.29, 0.717) is 11.3 Å². The highest BCUT2D eigenvalue weighted by atomic mass is 79.9. The van der Waals surface area contributed by atoms with Gasteiger partial charge in [-0.25, -0.2) is 0 Å². The zero-order valence-electron chi connectivity index (χ0n) is 8.16. The third-order valence-electron chi connectivity index (χ3n) is 2.05. The van der Waals surface area contributed by atoms with E-state index in [1.54, 1.807) is 18.2 Å². The van der Waals surface area contributed by atoms with E-state index in [2.05, 4.69) is 15.9 Å². The fraction of sp³-hybridized carbons (Fsp3) is 0.0833. The Hall–Kier alpha value is -1.35. The Morgan fingerprint density at radius 3 is 2.73 bits per heavy atom. The van der Waals surface area contributed by atoms with Gasteiger partial charge in [-0.2, -0.15) is 0 Å². The molecule has 0 aliphatic carbocycles. The lowest BCUT2D eigenvalue weighted by molar-refractivity contribution is 0.101. The molecule has 0 aliphatic heterocycles. The van der Waals surface area contributed by atoms with E-state index in [4.69, 9.17) is 4.42 Å². The van der Waals surface area contributed by atoms with Crippen LogP contribution in [-0.4, -0.2) is 5.78 Å². The van der Waals surface area contributed by atoms with Gasteiger partial charge in [0.2, 0.25) is 5.78 Å². The van der Waals surface area contributed by atoms with Gasteiger partial charge in [-0.05, 0) is 42.8 Å². The van der Waals surface area contributed by atoms with Crippen LogP contribution in [0.1, 0.15) is 21.7 Å². The van der Waals surface area contributed by atoms with Crippen molar-refractivity contribution in [3.63, 3.8) is 0 Å². The molecule has 0 unspecified atom stereocenters. The lowest BCUT2D eigenvalue weighted by Crippen LogP contribution is -1.99. The summed E-state index contributed by atoms with van der Waals surface area (Å²) in [6.45, 7) is 1.95. The molecule has 3 heteroatoms. The summed E-state index contributed by atoms with van der Waals surface area (Å²) in [6, 6.07) is 8.96. The van der Waals surface area contributed by atoms with E-state index < -0.39 is 0 Å². The van der Waals surface area contributed by atoms with Crippen molar-refractivity contribution in [1.29, 1.82) is 0 Å². The van der Waals surface area contributed by atoms with Crippen LogP contribution in [0.2, 0.25) is 0 Å². The zero-order valence-corrected chi connectivity index (χ0v) is 9.74. The number of hydrogen-bond donors (Lipinski definition) is 0. The third-order valence-corrected chi connectivity index (χ3v) is 2.51. The maximum absolute atomic E-state index is 11.9. The Balaban J connectivity index is 2.42. The van der Waals surface area contributed by atoms with E-state index in [1.807, 2.05) is 19.1 Å². The summed E-state index contributed by atoms with van der Waals surface area (Å²) < 4.78 is 5.96. The molecule has 15 heavy (non-hydrogen) atoms. The predicted octanol–water partition coefficient (Wildman–Crippen LogP) is 3.58. The average Bonchev–Trinajstić information content (AvgIpc) is 2.67. The highest BCUT2D eigenvalue weighted by molar-refractivity contribution is 9.10. The van der Waals surface area contributed by atoms with Crippen LogP contribution in [0.25, 0.3) is 0 Å². The van der Waals surface area contributed by atoms with Crippen LogP contribution in [0.3, 0.4) is 0 Å². The molecule has 0 bridgehead atoms. The first-order valence-electron chi connectivity index (χ1n) is 4.52. The highest BCUT2D eigenvalue weighted by Gasteiger charge is 2.12. The molecule has 2 aromatic rings. The maximum atomic E-state index is 11.9. The molecule has 0 N–H and O–H groups in total. The van der Waals surface area contributed by atoms with Crippen LogP contribution in [0.5, 0.6) is 0 Å². The third kappa shape index (κ3) is 2.18. The molecule has 76 valence electrons. The average molecular weight is 265 g/mol. The summed E-state index contributed by atoms with van der Waals surface area (Å²) in [4.78, 5) is 11.9. The fourth-order valence-electron chi connectivity index (χ4n) is 1.42. The van der Waals surface area contributed by atoms with Crippen LogP contribution >= 0.6 is 15.9 Å². The second kappa shape index (κ2) is 4.03. The molecule has 0 amide bonds. The van der Waals surface area contributed by atoms with Crippen LogP contribution in [-0.2, 0) is 0 Å². The minimum Gasteiger partial charge on any atom is -0.461 e. The Morgan fingerprint density at radius 2 is 2.13 bits per heavy atom. The molecular formula is C12H9BrO2. The van der Waals surface area contributed by atoms with Gasteiger partial charge in [0.25, 0.3) is 0 Å². The summed E-state index contributed by atoms with van der Waals surface area (Å²) in [5.74, 6) is 0.275. The van der Waals surface area contributed by atoms with Gasteiger partial charge in [0, 0.05) is 10.0 Å². The van der Waals surface area contributed by atoms with Gasteiger partial charge in [0.05, 0.1) is 6.26 Å². The van der Waals surface area contributed by atoms with Gasteiger partial charge in [-0.3, -0.25) is 4.79 Å². The number of ketones is 1. The van der Waals surface area contributed by atoms with Crippen molar-refractivity contribution >= 4 is 21.7 Å². The molecule has 2 rings (SSSR count). The second-order valence-electron chi connectivity index (χ2n) is 3.32. The van der Waals surface area contributed by atoms with Crippen molar-refractivity contribution in [3.8, 4) is 0 Å². The van der Waals surface area contributed by atoms with Crippen molar-refractivity contribution in [2.45, 2.75) is 6.92 Å². The molecule has 1 heterocycles. The number of benzene rings is 1. The summed E-state index contributed by atoms with van der Waals surface area (Å²) in [5.41, 5.74) is 1.68. The first kappa shape index (κ1) is 10.2. The largest absolute Gasteiger partial charge is 0.461 e. The molecular weight excluding hydrogens is 256 g/mol. The number of halogens is 1. The van der Waals surface area contributed by atoms with E-state index in [0.717, 1.165) is 10.0 Å². The van der Waals surface area contributed by atoms with Crippen LogP contribution in [0.4, 0.5) is 0 Å². The van der Waals surface area contributed by atoms with Crippen LogP contribution in [0.15, 0.2) is 45.5 Å². The van der Waals surface area contributed by atoms with Gasteiger partial charge in [0.1, 0.15) is 0 Å². The van der Waals surface area contributed by atoms with Gasteiger partial charge in [-0.15, -0.1) is 0 Å². The monoisotopic (exact) mass is 264 g/mol. The van der Waals surface area contributed by atoms with Crippen LogP contribution < -0.4 is 0 Å². The van der Waals surface area contributed by atoms with E-state index in [-0.39, 0.29) is 5.78 Å². The first-order valence-corrected chi connectivity index (χ1v) is 5.31. The topological polar surface area (TPSA) is 30.2 Å². The van der Waals surface area contributed by atoms with E-state index >= 15 is 0 Å². The summed E-state index contributed by atoms with van der Waals surface area (Å²) in [7, 11) is 0. The summed E-state index contributed by atoms with van der Waals surface area (Å²) >= 11 is 3.36. The first-order chi connectivity index (χ1) is 7.16. The molecule has 1 aromatic heterocycles. The number of hydrogen-bond acceptors (Lipinski definition) is 2. The fourth-order valence-corrected chi connectivity index (χ4v) is 2.03. The highest BCUT2D eigenvalue weighted by Crippen LogP contribution is 2.18. The van der Waals surface area contributed by atoms with Gasteiger partial charge in [-0.1, -0.05) is 15.9 Å². The normalized spacial score (nSPS) is 10.3. The summed E-state index contributed by atoms with van der Waals surface area (Å²) in [6.07, 6.45) is 1.50. The molecule has 2 nitrogen and oxygen atoms in total. The lowest BCUT2D eigenvalue weighted by atomic mass is 10.1. The Bertz CT molecular complexity index is 466. The molecule has 0 atom stereocenters. The van der Waals surface area contributed by atoms with Crippen molar-refractivity contribution in [1.82, 2.24) is 0 Å². The molecule has 1 aromatic carbocycles. The zero-order chi connectivity index (χ0) is 10.8. The number of carbonyl (C=O) groups excluding carboxylic acids is 1. The van der Waals surface area contributed by atoms with Gasteiger partial charge < -0.3 is 4.42 Å². The van der Waals surface area contributed by atoms with E-state index in [9.17, 15) is 4.79 Å². The smallest absolute Gasteiger partial charge is 0.228 e. The van der Waals surface area contributed by atoms with E-state index in [1.165, 1.54) is 6.26 Å².